The average Bonchev–Trinajstić information content (AvgIpc) is 2.78. The molecule has 2 aromatic carbocycles. The molecule has 0 radical (unpaired) electrons. The molecular weight excluding hydrogens is 397 g/mol. The predicted octanol–water partition coefficient (Wildman–Crippen LogP) is 5.30. The number of thioether (sulfide) groups is 1. The molecule has 116 valence electrons. The summed E-state index contributed by atoms with van der Waals surface area (Å²) in [5.41, 5.74) is 2.51. The molecule has 0 aromatic heterocycles. The molecule has 1 aliphatic rings. The quantitative estimate of drug-likeness (QED) is 0.497. The Morgan fingerprint density at radius 3 is 2.70 bits per heavy atom. The lowest BCUT2D eigenvalue weighted by Gasteiger charge is -2.16. The van der Waals surface area contributed by atoms with Gasteiger partial charge in [0, 0.05) is 0 Å². The number of carbonyl (C=O) groups is 1. The second-order valence-corrected chi connectivity index (χ2v) is 7.51. The van der Waals surface area contributed by atoms with Crippen LogP contribution in [0.1, 0.15) is 11.1 Å². The van der Waals surface area contributed by atoms with Crippen molar-refractivity contribution in [3.8, 4) is 0 Å². The monoisotopic (exact) mass is 407 g/mol. The van der Waals surface area contributed by atoms with Crippen LogP contribution in [-0.4, -0.2) is 10.2 Å². The Labute approximate surface area is 151 Å². The first-order chi connectivity index (χ1) is 11.0. The fourth-order valence-corrected chi connectivity index (χ4v) is 3.92. The highest BCUT2D eigenvalue weighted by Gasteiger charge is 2.33. The number of rotatable bonds is 2. The molecule has 3 rings (SSSR count). The van der Waals surface area contributed by atoms with Crippen molar-refractivity contribution in [1.82, 2.24) is 0 Å². The van der Waals surface area contributed by atoms with Crippen molar-refractivity contribution in [2.45, 2.75) is 6.92 Å². The molecule has 0 bridgehead atoms. The van der Waals surface area contributed by atoms with Crippen molar-refractivity contribution in [1.29, 1.82) is 0 Å². The van der Waals surface area contributed by atoms with Crippen molar-refractivity contribution in [2.75, 3.05) is 4.90 Å². The molecule has 1 heterocycles. The van der Waals surface area contributed by atoms with Gasteiger partial charge < -0.3 is 0 Å². The molecule has 1 aliphatic heterocycles. The molecule has 0 atom stereocenters. The van der Waals surface area contributed by atoms with Gasteiger partial charge in [0.15, 0.2) is 4.32 Å². The number of para-hydroxylation sites is 1. The smallest absolute Gasteiger partial charge is 0.268 e. The van der Waals surface area contributed by atoms with Crippen molar-refractivity contribution in [3.05, 3.63) is 68.8 Å². The molecule has 23 heavy (non-hydrogen) atoms. The molecule has 1 amide bonds. The number of aryl methyl sites for hydroxylation is 1. The molecule has 0 unspecified atom stereocenters. The van der Waals surface area contributed by atoms with Crippen molar-refractivity contribution < 1.29 is 9.18 Å². The lowest BCUT2D eigenvalue weighted by Crippen LogP contribution is -2.28. The van der Waals surface area contributed by atoms with Crippen LogP contribution in [0.5, 0.6) is 0 Å². The summed E-state index contributed by atoms with van der Waals surface area (Å²) >= 11 is 9.76. The Morgan fingerprint density at radius 1 is 1.26 bits per heavy atom. The van der Waals surface area contributed by atoms with E-state index in [1.807, 2.05) is 31.2 Å². The third-order valence-electron chi connectivity index (χ3n) is 3.39. The molecule has 0 N–H and O–H groups in total. The van der Waals surface area contributed by atoms with Gasteiger partial charge in [-0.3, -0.25) is 9.69 Å². The largest absolute Gasteiger partial charge is 0.270 e. The zero-order chi connectivity index (χ0) is 16.6. The van der Waals surface area contributed by atoms with E-state index >= 15 is 0 Å². The Hall–Kier alpha value is -1.50. The summed E-state index contributed by atoms with van der Waals surface area (Å²) in [6, 6.07) is 12.2. The topological polar surface area (TPSA) is 20.3 Å². The number of halogens is 2. The van der Waals surface area contributed by atoms with Gasteiger partial charge in [-0.1, -0.05) is 48.2 Å². The minimum absolute atomic E-state index is 0.158. The van der Waals surface area contributed by atoms with E-state index in [0.717, 1.165) is 16.8 Å². The Bertz CT molecular complexity index is 850. The first kappa shape index (κ1) is 16.4. The number of carbonyl (C=O) groups excluding carboxylic acids is 1. The van der Waals surface area contributed by atoms with Crippen LogP contribution in [0.4, 0.5) is 10.1 Å². The first-order valence-electron chi connectivity index (χ1n) is 6.76. The van der Waals surface area contributed by atoms with Crippen LogP contribution < -0.4 is 4.90 Å². The van der Waals surface area contributed by atoms with E-state index in [-0.39, 0.29) is 11.7 Å². The zero-order valence-corrected chi connectivity index (χ0v) is 15.3. The Kier molecular flexibility index (Phi) is 4.66. The van der Waals surface area contributed by atoms with Gasteiger partial charge in [0.1, 0.15) is 5.82 Å². The maximum Gasteiger partial charge on any atom is 0.270 e. The van der Waals surface area contributed by atoms with Crippen LogP contribution >= 0.6 is 39.9 Å². The molecule has 2 nitrogen and oxygen atoms in total. The van der Waals surface area contributed by atoms with Gasteiger partial charge in [-0.25, -0.2) is 4.39 Å². The van der Waals surface area contributed by atoms with Gasteiger partial charge in [0.25, 0.3) is 5.91 Å². The molecule has 6 heteroatoms. The fourth-order valence-electron chi connectivity index (χ4n) is 2.24. The first-order valence-corrected chi connectivity index (χ1v) is 8.78. The fraction of sp³-hybridized carbons (Fsp3) is 0.0588. The molecule has 1 fully saturated rings. The van der Waals surface area contributed by atoms with Crippen molar-refractivity contribution in [2.24, 2.45) is 0 Å². The highest BCUT2D eigenvalue weighted by Crippen LogP contribution is 2.37. The van der Waals surface area contributed by atoms with E-state index in [9.17, 15) is 9.18 Å². The molecule has 0 saturated carbocycles. The third kappa shape index (κ3) is 3.24. The second-order valence-electron chi connectivity index (χ2n) is 4.98. The van der Waals surface area contributed by atoms with Crippen LogP contribution in [-0.2, 0) is 4.79 Å². The van der Waals surface area contributed by atoms with Crippen LogP contribution in [0.15, 0.2) is 51.8 Å². The Morgan fingerprint density at radius 2 is 2.00 bits per heavy atom. The maximum atomic E-state index is 13.3. The normalized spacial score (nSPS) is 16.5. The van der Waals surface area contributed by atoms with Gasteiger partial charge in [-0.15, -0.1) is 0 Å². The summed E-state index contributed by atoms with van der Waals surface area (Å²) in [4.78, 5) is 14.8. The summed E-state index contributed by atoms with van der Waals surface area (Å²) in [5.74, 6) is -0.496. The third-order valence-corrected chi connectivity index (χ3v) is 5.30. The highest BCUT2D eigenvalue weighted by molar-refractivity contribution is 9.10. The van der Waals surface area contributed by atoms with Crippen LogP contribution in [0.25, 0.3) is 6.08 Å². The molecular formula is C17H11BrFNOS2. The number of hydrogen-bond donors (Lipinski definition) is 0. The lowest BCUT2D eigenvalue weighted by molar-refractivity contribution is -0.113. The van der Waals surface area contributed by atoms with Crippen LogP contribution in [0.2, 0.25) is 0 Å². The summed E-state index contributed by atoms with van der Waals surface area (Å²) < 4.78 is 14.2. The number of thiocarbonyl (C=S) groups is 1. The predicted molar refractivity (Wildman–Crippen MR) is 101 cm³/mol. The number of anilines is 1. The summed E-state index contributed by atoms with van der Waals surface area (Å²) in [6.45, 7) is 1.94. The maximum absolute atomic E-state index is 13.3. The minimum Gasteiger partial charge on any atom is -0.268 e. The van der Waals surface area contributed by atoms with Crippen LogP contribution in [0, 0.1) is 12.7 Å². The molecule has 0 aliphatic carbocycles. The number of hydrogen-bond acceptors (Lipinski definition) is 3. The zero-order valence-electron chi connectivity index (χ0n) is 12.0. The summed E-state index contributed by atoms with van der Waals surface area (Å²) in [5, 5.41) is 0. The van der Waals surface area contributed by atoms with Gasteiger partial charge in [-0.05, 0) is 58.3 Å². The van der Waals surface area contributed by atoms with Gasteiger partial charge in [0.2, 0.25) is 0 Å². The average molecular weight is 408 g/mol. The lowest BCUT2D eigenvalue weighted by atomic mass is 10.1. The van der Waals surface area contributed by atoms with Crippen molar-refractivity contribution >= 4 is 61.9 Å². The van der Waals surface area contributed by atoms with Crippen LogP contribution in [0.3, 0.4) is 0 Å². The minimum atomic E-state index is -0.338. The second kappa shape index (κ2) is 6.55. The number of amides is 1. The number of nitrogens with zero attached hydrogens (tertiary/aromatic N) is 1. The SMILES string of the molecule is Cc1ccccc1N1C(=O)C(=Cc2ccc(F)c(Br)c2)SC1=S. The molecule has 2 aromatic rings. The highest BCUT2D eigenvalue weighted by atomic mass is 79.9. The van der Waals surface area contributed by atoms with E-state index in [1.165, 1.54) is 17.8 Å². The van der Waals surface area contributed by atoms with Gasteiger partial charge in [0.05, 0.1) is 15.1 Å². The standard InChI is InChI=1S/C17H11BrFNOS2/c1-10-4-2-3-5-14(10)20-16(21)15(23-17(20)22)9-11-6-7-13(19)12(18)8-11/h2-9H,1H3. The number of benzene rings is 2. The van der Waals surface area contributed by atoms with Crippen molar-refractivity contribution in [3.63, 3.8) is 0 Å². The molecule has 1 saturated heterocycles. The van der Waals surface area contributed by atoms with E-state index in [0.29, 0.717) is 13.7 Å². The van der Waals surface area contributed by atoms with E-state index in [1.54, 1.807) is 23.1 Å². The Balaban J connectivity index is 1.96. The van der Waals surface area contributed by atoms with Gasteiger partial charge >= 0.3 is 0 Å². The summed E-state index contributed by atoms with van der Waals surface area (Å²) in [7, 11) is 0. The molecule has 0 spiro atoms. The van der Waals surface area contributed by atoms with Gasteiger partial charge in [-0.2, -0.15) is 0 Å². The van der Waals surface area contributed by atoms with E-state index in [2.05, 4.69) is 15.9 Å². The summed E-state index contributed by atoms with van der Waals surface area (Å²) in [6.07, 6.45) is 1.72. The van der Waals surface area contributed by atoms with E-state index in [4.69, 9.17) is 12.2 Å². The van der Waals surface area contributed by atoms with E-state index < -0.39 is 0 Å².